The number of aryl methyl sites for hydroxylation is 2. The second-order valence-electron chi connectivity index (χ2n) is 10.8. The van der Waals surface area contributed by atoms with Crippen molar-refractivity contribution in [3.63, 3.8) is 0 Å². The Hall–Kier alpha value is -2.57. The summed E-state index contributed by atoms with van der Waals surface area (Å²) >= 11 is 0. The summed E-state index contributed by atoms with van der Waals surface area (Å²) in [5.74, 6) is 1.51. The molecule has 0 aliphatic heterocycles. The number of aliphatic hydroxyl groups excluding tert-OH is 2. The van der Waals surface area contributed by atoms with E-state index in [-0.39, 0.29) is 30.0 Å². The van der Waals surface area contributed by atoms with Crippen molar-refractivity contribution < 1.29 is 29.2 Å². The van der Waals surface area contributed by atoms with Gasteiger partial charge in [0.15, 0.2) is 0 Å². The second-order valence-corrected chi connectivity index (χ2v) is 10.8. The van der Waals surface area contributed by atoms with E-state index in [1.54, 1.807) is 0 Å². The normalized spacial score (nSPS) is 12.3. The standard InChI is InChI=1S/C27H40O4.C5H10O2/c1-8-27(9-2,21-10-12-23(19(3)16-21)30-15-14-28)22-11-13-24(20(4)17-22)31-18-25(29)26(5,6)7;1-3-4-5(6)7-2/h10-13,16-17,25,28-29H,8-9,14-15,18H2,1-7H3;3-4H2,1-2H3. The van der Waals surface area contributed by atoms with Gasteiger partial charge in [0, 0.05) is 11.8 Å². The lowest BCUT2D eigenvalue weighted by atomic mass is 9.70. The van der Waals surface area contributed by atoms with E-state index in [1.807, 2.05) is 39.8 Å². The maximum atomic E-state index is 10.3. The molecule has 214 valence electrons. The lowest BCUT2D eigenvalue weighted by molar-refractivity contribution is -0.140. The average Bonchev–Trinajstić information content (AvgIpc) is 2.88. The Morgan fingerprint density at radius 1 is 0.895 bits per heavy atom. The molecule has 0 bridgehead atoms. The fourth-order valence-corrected chi connectivity index (χ4v) is 4.33. The highest BCUT2D eigenvalue weighted by Gasteiger charge is 2.32. The molecule has 2 rings (SSSR count). The number of carbonyl (C=O) groups is 1. The van der Waals surface area contributed by atoms with Crippen molar-refractivity contribution in [2.45, 2.75) is 92.6 Å². The van der Waals surface area contributed by atoms with Crippen LogP contribution in [0.15, 0.2) is 36.4 Å². The Bertz CT molecular complexity index is 988. The lowest BCUT2D eigenvalue weighted by Gasteiger charge is -2.34. The fraction of sp³-hybridized carbons (Fsp3) is 0.594. The molecule has 0 radical (unpaired) electrons. The first-order valence-electron chi connectivity index (χ1n) is 13.7. The molecule has 2 N–H and O–H groups in total. The summed E-state index contributed by atoms with van der Waals surface area (Å²) in [5, 5.41) is 19.3. The van der Waals surface area contributed by atoms with E-state index < -0.39 is 6.10 Å². The number of hydrogen-bond acceptors (Lipinski definition) is 6. The fourth-order valence-electron chi connectivity index (χ4n) is 4.33. The number of rotatable bonds is 12. The van der Waals surface area contributed by atoms with Gasteiger partial charge in [0.1, 0.15) is 24.7 Å². The number of benzene rings is 2. The van der Waals surface area contributed by atoms with Crippen molar-refractivity contribution in [3.05, 3.63) is 58.7 Å². The van der Waals surface area contributed by atoms with Gasteiger partial charge in [-0.05, 0) is 72.9 Å². The van der Waals surface area contributed by atoms with Crippen LogP contribution in [0.3, 0.4) is 0 Å². The van der Waals surface area contributed by atoms with Gasteiger partial charge in [-0.25, -0.2) is 0 Å². The predicted octanol–water partition coefficient (Wildman–Crippen LogP) is 6.53. The Morgan fingerprint density at radius 2 is 1.39 bits per heavy atom. The molecule has 0 saturated carbocycles. The third-order valence-electron chi connectivity index (χ3n) is 7.09. The molecule has 2 aromatic rings. The number of ether oxygens (including phenoxy) is 3. The predicted molar refractivity (Wildman–Crippen MR) is 154 cm³/mol. The van der Waals surface area contributed by atoms with Gasteiger partial charge in [-0.3, -0.25) is 4.79 Å². The number of aliphatic hydroxyl groups is 2. The summed E-state index contributed by atoms with van der Waals surface area (Å²) in [4.78, 5) is 10.2. The van der Waals surface area contributed by atoms with Crippen LogP contribution in [0.2, 0.25) is 0 Å². The zero-order valence-corrected chi connectivity index (χ0v) is 25.0. The molecular formula is C32H50O6. The minimum Gasteiger partial charge on any atom is -0.491 e. The summed E-state index contributed by atoms with van der Waals surface area (Å²) in [6.45, 7) is 17.1. The van der Waals surface area contributed by atoms with Gasteiger partial charge in [0.2, 0.25) is 0 Å². The molecule has 0 spiro atoms. The van der Waals surface area contributed by atoms with E-state index in [1.165, 1.54) is 18.2 Å². The molecule has 0 aromatic heterocycles. The summed E-state index contributed by atoms with van der Waals surface area (Å²) in [7, 11) is 1.40. The number of carbonyl (C=O) groups excluding carboxylic acids is 1. The molecule has 0 amide bonds. The minimum atomic E-state index is -0.522. The quantitative estimate of drug-likeness (QED) is 0.304. The molecule has 0 aliphatic rings. The van der Waals surface area contributed by atoms with Gasteiger partial charge < -0.3 is 24.4 Å². The van der Waals surface area contributed by atoms with Crippen molar-refractivity contribution in [3.8, 4) is 11.5 Å². The molecule has 2 aromatic carbocycles. The van der Waals surface area contributed by atoms with Crippen LogP contribution in [0.4, 0.5) is 0 Å². The van der Waals surface area contributed by atoms with Gasteiger partial charge in [-0.1, -0.05) is 65.8 Å². The average molecular weight is 531 g/mol. The summed E-state index contributed by atoms with van der Waals surface area (Å²) < 4.78 is 15.9. The van der Waals surface area contributed by atoms with Gasteiger partial charge in [0.25, 0.3) is 0 Å². The van der Waals surface area contributed by atoms with Crippen LogP contribution < -0.4 is 9.47 Å². The zero-order chi connectivity index (χ0) is 28.9. The van der Waals surface area contributed by atoms with E-state index >= 15 is 0 Å². The Morgan fingerprint density at radius 3 is 1.74 bits per heavy atom. The van der Waals surface area contributed by atoms with Crippen LogP contribution in [-0.4, -0.2) is 49.2 Å². The first kappa shape index (κ1) is 33.5. The SMILES string of the molecule is CCC(CC)(c1ccc(OCCO)c(C)c1)c1ccc(OCC(O)C(C)(C)C)c(C)c1.CCCC(=O)OC. The van der Waals surface area contributed by atoms with Crippen molar-refractivity contribution in [1.82, 2.24) is 0 Å². The van der Waals surface area contributed by atoms with Crippen LogP contribution in [0, 0.1) is 19.3 Å². The Kier molecular flexibility index (Phi) is 13.9. The summed E-state index contributed by atoms with van der Waals surface area (Å²) in [6, 6.07) is 12.8. The second kappa shape index (κ2) is 15.7. The first-order chi connectivity index (χ1) is 17.9. The maximum absolute atomic E-state index is 10.3. The first-order valence-corrected chi connectivity index (χ1v) is 13.7. The highest BCUT2D eigenvalue weighted by atomic mass is 16.5. The van der Waals surface area contributed by atoms with Crippen molar-refractivity contribution in [2.75, 3.05) is 26.9 Å². The van der Waals surface area contributed by atoms with E-state index in [0.717, 1.165) is 41.9 Å². The molecule has 0 fully saturated rings. The van der Waals surface area contributed by atoms with E-state index in [0.29, 0.717) is 13.0 Å². The van der Waals surface area contributed by atoms with Crippen LogP contribution in [0.25, 0.3) is 0 Å². The maximum Gasteiger partial charge on any atom is 0.305 e. The monoisotopic (exact) mass is 530 g/mol. The molecule has 1 unspecified atom stereocenters. The van der Waals surface area contributed by atoms with E-state index in [2.05, 4.69) is 56.7 Å². The van der Waals surface area contributed by atoms with Gasteiger partial charge in [0.05, 0.1) is 19.8 Å². The molecule has 38 heavy (non-hydrogen) atoms. The number of hydrogen-bond donors (Lipinski definition) is 2. The third-order valence-corrected chi connectivity index (χ3v) is 7.09. The van der Waals surface area contributed by atoms with Gasteiger partial charge in [-0.2, -0.15) is 0 Å². The van der Waals surface area contributed by atoms with Crippen molar-refractivity contribution >= 4 is 5.97 Å². The smallest absolute Gasteiger partial charge is 0.305 e. The van der Waals surface area contributed by atoms with Crippen LogP contribution >= 0.6 is 0 Å². The van der Waals surface area contributed by atoms with Crippen LogP contribution in [-0.2, 0) is 14.9 Å². The number of methoxy groups -OCH3 is 1. The molecule has 1 atom stereocenters. The highest BCUT2D eigenvalue weighted by Crippen LogP contribution is 2.41. The van der Waals surface area contributed by atoms with E-state index in [4.69, 9.17) is 14.6 Å². The molecular weight excluding hydrogens is 480 g/mol. The lowest BCUT2D eigenvalue weighted by Crippen LogP contribution is -2.32. The van der Waals surface area contributed by atoms with Crippen molar-refractivity contribution in [2.24, 2.45) is 5.41 Å². The van der Waals surface area contributed by atoms with Gasteiger partial charge >= 0.3 is 5.97 Å². The summed E-state index contributed by atoms with van der Waals surface area (Å²) in [6.07, 6.45) is 2.83. The molecule has 0 aliphatic carbocycles. The minimum absolute atomic E-state index is 0.00945. The molecule has 6 heteroatoms. The van der Waals surface area contributed by atoms with E-state index in [9.17, 15) is 9.90 Å². The summed E-state index contributed by atoms with van der Waals surface area (Å²) in [5.41, 5.74) is 4.37. The Labute approximate surface area is 230 Å². The number of esters is 1. The topological polar surface area (TPSA) is 85.2 Å². The Balaban J connectivity index is 0.000000905. The highest BCUT2D eigenvalue weighted by molar-refractivity contribution is 5.68. The van der Waals surface area contributed by atoms with Crippen molar-refractivity contribution in [1.29, 1.82) is 0 Å². The molecule has 0 heterocycles. The molecule has 6 nitrogen and oxygen atoms in total. The zero-order valence-electron chi connectivity index (χ0n) is 25.0. The van der Waals surface area contributed by atoms with Crippen LogP contribution in [0.5, 0.6) is 11.5 Å². The largest absolute Gasteiger partial charge is 0.491 e. The third kappa shape index (κ3) is 9.32. The van der Waals surface area contributed by atoms with Crippen LogP contribution in [0.1, 0.15) is 89.5 Å². The molecule has 0 saturated heterocycles. The van der Waals surface area contributed by atoms with Gasteiger partial charge in [-0.15, -0.1) is 0 Å².